The van der Waals surface area contributed by atoms with Gasteiger partial charge in [-0.25, -0.2) is 0 Å². The molecule has 0 amide bonds. The smallest absolute Gasteiger partial charge is 0.309 e. The first-order chi connectivity index (χ1) is 6.57. The van der Waals surface area contributed by atoms with E-state index >= 15 is 0 Å². The van der Waals surface area contributed by atoms with E-state index in [9.17, 15) is 13.2 Å². The zero-order valence-corrected chi connectivity index (χ0v) is 8.21. The highest BCUT2D eigenvalue weighted by molar-refractivity contribution is 7.12. The average molecular weight is 221 g/mol. The van der Waals surface area contributed by atoms with Crippen molar-refractivity contribution in [3.05, 3.63) is 21.9 Å². The van der Waals surface area contributed by atoms with E-state index in [0.717, 1.165) is 35.6 Å². The standard InChI is InChI=1S/C9H10F3NS/c10-9(11,12)8-4-3-7(14-8)6-2-1-5-13-6/h3-4,6,13H,1-2,5H2/t6-/m1/s1. The molecule has 14 heavy (non-hydrogen) atoms. The van der Waals surface area contributed by atoms with Crippen LogP contribution in [0.3, 0.4) is 0 Å². The zero-order chi connectivity index (χ0) is 10.2. The summed E-state index contributed by atoms with van der Waals surface area (Å²) < 4.78 is 36.8. The van der Waals surface area contributed by atoms with Gasteiger partial charge in [0.25, 0.3) is 0 Å². The summed E-state index contributed by atoms with van der Waals surface area (Å²) in [6.07, 6.45) is -2.21. The summed E-state index contributed by atoms with van der Waals surface area (Å²) in [6.45, 7) is 0.907. The van der Waals surface area contributed by atoms with E-state index in [0.29, 0.717) is 0 Å². The molecular weight excluding hydrogens is 211 g/mol. The molecule has 5 heteroatoms. The second-order valence-corrected chi connectivity index (χ2v) is 4.46. The van der Waals surface area contributed by atoms with Gasteiger partial charge in [-0.1, -0.05) is 0 Å². The van der Waals surface area contributed by atoms with Crippen molar-refractivity contribution in [2.45, 2.75) is 25.1 Å². The van der Waals surface area contributed by atoms with E-state index in [2.05, 4.69) is 5.32 Å². The third kappa shape index (κ3) is 1.93. The maximum absolute atomic E-state index is 12.3. The molecule has 1 N–H and O–H groups in total. The van der Waals surface area contributed by atoms with E-state index in [-0.39, 0.29) is 6.04 Å². The average Bonchev–Trinajstić information content (AvgIpc) is 2.73. The van der Waals surface area contributed by atoms with Gasteiger partial charge >= 0.3 is 6.18 Å². The normalized spacial score (nSPS) is 22.9. The molecule has 1 saturated heterocycles. The maximum Gasteiger partial charge on any atom is 0.425 e. The Morgan fingerprint density at radius 2 is 2.14 bits per heavy atom. The fourth-order valence-electron chi connectivity index (χ4n) is 1.62. The molecule has 0 unspecified atom stereocenters. The van der Waals surface area contributed by atoms with Crippen LogP contribution in [-0.4, -0.2) is 6.54 Å². The van der Waals surface area contributed by atoms with Crippen LogP contribution in [0.5, 0.6) is 0 Å². The lowest BCUT2D eigenvalue weighted by Crippen LogP contribution is -2.11. The zero-order valence-electron chi connectivity index (χ0n) is 7.40. The topological polar surface area (TPSA) is 12.0 Å². The number of alkyl halides is 3. The van der Waals surface area contributed by atoms with Crippen molar-refractivity contribution < 1.29 is 13.2 Å². The molecule has 78 valence electrons. The molecule has 0 aliphatic carbocycles. The summed E-state index contributed by atoms with van der Waals surface area (Å²) in [5.41, 5.74) is 0. The molecule has 0 bridgehead atoms. The lowest BCUT2D eigenvalue weighted by Gasteiger charge is -2.06. The first kappa shape index (κ1) is 9.98. The van der Waals surface area contributed by atoms with E-state index in [1.54, 1.807) is 6.07 Å². The Bertz CT molecular complexity index is 312. The van der Waals surface area contributed by atoms with Crippen LogP contribution >= 0.6 is 11.3 Å². The van der Waals surface area contributed by atoms with Crippen molar-refractivity contribution in [1.29, 1.82) is 0 Å². The number of thiophene rings is 1. The molecule has 0 saturated carbocycles. The van der Waals surface area contributed by atoms with Crippen molar-refractivity contribution >= 4 is 11.3 Å². The molecular formula is C9H10F3NS. The highest BCUT2D eigenvalue weighted by Crippen LogP contribution is 2.38. The Morgan fingerprint density at radius 3 is 2.64 bits per heavy atom. The Kier molecular flexibility index (Phi) is 2.53. The Hall–Kier alpha value is -0.550. The molecule has 1 atom stereocenters. The molecule has 1 aromatic heterocycles. The van der Waals surface area contributed by atoms with Gasteiger partial charge in [0.05, 0.1) is 0 Å². The molecule has 0 spiro atoms. The van der Waals surface area contributed by atoms with Crippen LogP contribution in [0, 0.1) is 0 Å². The van der Waals surface area contributed by atoms with Crippen LogP contribution in [0.25, 0.3) is 0 Å². The third-order valence-electron chi connectivity index (χ3n) is 2.31. The first-order valence-electron chi connectivity index (χ1n) is 4.48. The van der Waals surface area contributed by atoms with Gasteiger partial charge in [-0.05, 0) is 31.5 Å². The van der Waals surface area contributed by atoms with Gasteiger partial charge in [-0.2, -0.15) is 13.2 Å². The summed E-state index contributed by atoms with van der Waals surface area (Å²) >= 11 is 0.850. The lowest BCUT2D eigenvalue weighted by molar-refractivity contribution is -0.134. The van der Waals surface area contributed by atoms with Crippen LogP contribution < -0.4 is 5.32 Å². The van der Waals surface area contributed by atoms with Gasteiger partial charge in [0.15, 0.2) is 0 Å². The van der Waals surface area contributed by atoms with Gasteiger partial charge in [-0.15, -0.1) is 11.3 Å². The Labute approximate surface area is 83.9 Å². The molecule has 1 nitrogen and oxygen atoms in total. The summed E-state index contributed by atoms with van der Waals surface area (Å²) in [5, 5.41) is 3.18. The van der Waals surface area contributed by atoms with Crippen molar-refractivity contribution in [2.75, 3.05) is 6.54 Å². The van der Waals surface area contributed by atoms with Gasteiger partial charge in [0, 0.05) is 10.9 Å². The fraction of sp³-hybridized carbons (Fsp3) is 0.556. The molecule has 2 rings (SSSR count). The van der Waals surface area contributed by atoms with E-state index in [4.69, 9.17) is 0 Å². The maximum atomic E-state index is 12.3. The van der Waals surface area contributed by atoms with E-state index < -0.39 is 11.1 Å². The molecule has 0 radical (unpaired) electrons. The van der Waals surface area contributed by atoms with Crippen LogP contribution in [0.1, 0.15) is 28.6 Å². The summed E-state index contributed by atoms with van der Waals surface area (Å²) in [4.78, 5) is 0.302. The van der Waals surface area contributed by atoms with Crippen LogP contribution in [-0.2, 0) is 6.18 Å². The predicted octanol–water partition coefficient (Wildman–Crippen LogP) is 3.19. The molecule has 1 aliphatic rings. The number of rotatable bonds is 1. The minimum Gasteiger partial charge on any atom is -0.309 e. The second kappa shape index (κ2) is 3.55. The van der Waals surface area contributed by atoms with Gasteiger partial charge < -0.3 is 5.32 Å². The molecule has 2 heterocycles. The summed E-state index contributed by atoms with van der Waals surface area (Å²) in [7, 11) is 0. The van der Waals surface area contributed by atoms with Crippen molar-refractivity contribution in [3.8, 4) is 0 Å². The third-order valence-corrected chi connectivity index (χ3v) is 3.55. The molecule has 1 aliphatic heterocycles. The highest BCUT2D eigenvalue weighted by atomic mass is 32.1. The number of halogens is 3. The summed E-state index contributed by atoms with van der Waals surface area (Å²) in [5.74, 6) is 0. The van der Waals surface area contributed by atoms with Crippen LogP contribution in [0.2, 0.25) is 0 Å². The molecule has 1 fully saturated rings. The monoisotopic (exact) mass is 221 g/mol. The van der Waals surface area contributed by atoms with Crippen molar-refractivity contribution in [2.24, 2.45) is 0 Å². The van der Waals surface area contributed by atoms with Gasteiger partial charge in [-0.3, -0.25) is 0 Å². The minimum absolute atomic E-state index is 0.135. The Morgan fingerprint density at radius 1 is 1.36 bits per heavy atom. The second-order valence-electron chi connectivity index (χ2n) is 3.35. The van der Waals surface area contributed by atoms with Gasteiger partial charge in [0.2, 0.25) is 0 Å². The number of hydrogen-bond acceptors (Lipinski definition) is 2. The number of hydrogen-bond donors (Lipinski definition) is 1. The van der Waals surface area contributed by atoms with E-state index in [1.165, 1.54) is 6.07 Å². The van der Waals surface area contributed by atoms with Crippen molar-refractivity contribution in [3.63, 3.8) is 0 Å². The van der Waals surface area contributed by atoms with Crippen LogP contribution in [0.4, 0.5) is 13.2 Å². The largest absolute Gasteiger partial charge is 0.425 e. The fourth-order valence-corrected chi connectivity index (χ4v) is 2.61. The van der Waals surface area contributed by atoms with Gasteiger partial charge in [0.1, 0.15) is 4.88 Å². The predicted molar refractivity (Wildman–Crippen MR) is 49.3 cm³/mol. The molecule has 0 aromatic carbocycles. The lowest BCUT2D eigenvalue weighted by atomic mass is 10.2. The van der Waals surface area contributed by atoms with Crippen molar-refractivity contribution in [1.82, 2.24) is 5.32 Å². The Balaban J connectivity index is 2.17. The highest BCUT2D eigenvalue weighted by Gasteiger charge is 2.33. The summed E-state index contributed by atoms with van der Waals surface area (Å²) in [6, 6.07) is 2.88. The minimum atomic E-state index is -4.19. The first-order valence-corrected chi connectivity index (χ1v) is 5.29. The quantitative estimate of drug-likeness (QED) is 0.768. The van der Waals surface area contributed by atoms with Crippen LogP contribution in [0.15, 0.2) is 12.1 Å². The molecule has 1 aromatic rings. The number of nitrogens with one attached hydrogen (secondary N) is 1. The van der Waals surface area contributed by atoms with E-state index in [1.807, 2.05) is 0 Å². The SMILES string of the molecule is FC(F)(F)c1ccc([C@H]2CCCN2)s1.